The minimum Gasteiger partial charge on any atom is -0.480 e. The number of nitrogens with two attached hydrogens (primary N) is 1. The van der Waals surface area contributed by atoms with E-state index in [-0.39, 0.29) is 0 Å². The molecule has 2 aromatic rings. The molecule has 1 aromatic heterocycles. The molecule has 0 aliphatic carbocycles. The topological polar surface area (TPSA) is 89.4 Å². The molecule has 5 nitrogen and oxygen atoms in total. The molecule has 0 fully saturated rings. The van der Waals surface area contributed by atoms with Crippen molar-refractivity contribution in [1.29, 1.82) is 0 Å². The Bertz CT molecular complexity index is 542. The van der Waals surface area contributed by atoms with Crippen molar-refractivity contribution >= 4 is 17.7 Å². The molecule has 0 aliphatic rings. The van der Waals surface area contributed by atoms with Gasteiger partial charge in [0.2, 0.25) is 5.89 Å². The van der Waals surface area contributed by atoms with Gasteiger partial charge in [0.05, 0.1) is 5.69 Å². The van der Waals surface area contributed by atoms with E-state index < -0.39 is 12.0 Å². The van der Waals surface area contributed by atoms with E-state index in [0.717, 1.165) is 11.3 Å². The number of carboxylic acids is 1. The fraction of sp³-hybridized carbons (Fsp3) is 0.231. The van der Waals surface area contributed by atoms with Crippen LogP contribution in [0.4, 0.5) is 0 Å². The molecule has 1 unspecified atom stereocenters. The molecule has 1 atom stereocenters. The van der Waals surface area contributed by atoms with Crippen molar-refractivity contribution in [2.24, 2.45) is 5.73 Å². The zero-order chi connectivity index (χ0) is 13.7. The van der Waals surface area contributed by atoms with Crippen LogP contribution in [0.1, 0.15) is 5.69 Å². The molecule has 1 heterocycles. The van der Waals surface area contributed by atoms with Crippen LogP contribution in [0.5, 0.6) is 0 Å². The largest absolute Gasteiger partial charge is 0.480 e. The second-order valence-corrected chi connectivity index (χ2v) is 5.00. The number of oxazole rings is 1. The highest BCUT2D eigenvalue weighted by atomic mass is 32.2. The van der Waals surface area contributed by atoms with Crippen molar-refractivity contribution in [2.45, 2.75) is 11.8 Å². The maximum atomic E-state index is 10.6. The maximum absolute atomic E-state index is 10.6. The van der Waals surface area contributed by atoms with Crippen LogP contribution in [0.15, 0.2) is 41.0 Å². The Labute approximate surface area is 114 Å². The summed E-state index contributed by atoms with van der Waals surface area (Å²) in [6.07, 6.45) is 1.58. The first kappa shape index (κ1) is 13.6. The lowest BCUT2D eigenvalue weighted by atomic mass is 10.2. The number of benzene rings is 1. The average Bonchev–Trinajstić information content (AvgIpc) is 2.88. The zero-order valence-corrected chi connectivity index (χ0v) is 11.0. The van der Waals surface area contributed by atoms with E-state index in [2.05, 4.69) is 4.98 Å². The lowest BCUT2D eigenvalue weighted by Crippen LogP contribution is -2.32. The fourth-order valence-electron chi connectivity index (χ4n) is 1.45. The third-order valence-electron chi connectivity index (χ3n) is 2.44. The molecule has 0 aliphatic heterocycles. The number of aromatic nitrogens is 1. The number of thioether (sulfide) groups is 1. The Morgan fingerprint density at radius 3 is 2.84 bits per heavy atom. The second kappa shape index (κ2) is 6.40. The molecule has 0 spiro atoms. The third-order valence-corrected chi connectivity index (χ3v) is 3.53. The van der Waals surface area contributed by atoms with Gasteiger partial charge in [-0.2, -0.15) is 11.8 Å². The van der Waals surface area contributed by atoms with Crippen LogP contribution in [0.25, 0.3) is 11.5 Å². The third kappa shape index (κ3) is 3.84. The molecule has 1 aromatic carbocycles. The normalized spacial score (nSPS) is 12.3. The number of carboxylic acid groups (broad SMARTS) is 1. The molecule has 0 amide bonds. The van der Waals surface area contributed by atoms with Crippen LogP contribution < -0.4 is 5.73 Å². The summed E-state index contributed by atoms with van der Waals surface area (Å²) in [5.41, 5.74) is 7.11. The highest BCUT2D eigenvalue weighted by Crippen LogP contribution is 2.20. The van der Waals surface area contributed by atoms with E-state index in [4.69, 9.17) is 15.3 Å². The molecule has 0 saturated heterocycles. The number of hydrogen-bond donors (Lipinski definition) is 2. The van der Waals surface area contributed by atoms with Crippen molar-refractivity contribution in [1.82, 2.24) is 4.98 Å². The summed E-state index contributed by atoms with van der Waals surface area (Å²) in [4.78, 5) is 14.9. The van der Waals surface area contributed by atoms with Crippen LogP contribution in [0.3, 0.4) is 0 Å². The van der Waals surface area contributed by atoms with Gasteiger partial charge in [-0.25, -0.2) is 4.98 Å². The summed E-state index contributed by atoms with van der Waals surface area (Å²) in [7, 11) is 0. The summed E-state index contributed by atoms with van der Waals surface area (Å²) < 4.78 is 5.38. The number of carbonyl (C=O) groups is 1. The quantitative estimate of drug-likeness (QED) is 0.840. The van der Waals surface area contributed by atoms with Crippen LogP contribution >= 0.6 is 11.8 Å². The maximum Gasteiger partial charge on any atom is 0.321 e. The van der Waals surface area contributed by atoms with E-state index in [0.29, 0.717) is 17.4 Å². The lowest BCUT2D eigenvalue weighted by molar-refractivity contribution is -0.137. The molecule has 0 radical (unpaired) electrons. The highest BCUT2D eigenvalue weighted by molar-refractivity contribution is 7.98. The molecular formula is C13H14N2O3S. The molecule has 3 N–H and O–H groups in total. The van der Waals surface area contributed by atoms with E-state index in [1.54, 1.807) is 6.26 Å². The number of hydrogen-bond acceptors (Lipinski definition) is 5. The Morgan fingerprint density at radius 1 is 1.42 bits per heavy atom. The zero-order valence-electron chi connectivity index (χ0n) is 10.2. The van der Waals surface area contributed by atoms with Crippen molar-refractivity contribution in [2.75, 3.05) is 5.75 Å². The van der Waals surface area contributed by atoms with Crippen molar-refractivity contribution in [3.05, 3.63) is 42.3 Å². The molecule has 6 heteroatoms. The second-order valence-electron chi connectivity index (χ2n) is 3.97. The fourth-order valence-corrected chi connectivity index (χ4v) is 2.30. The van der Waals surface area contributed by atoms with Gasteiger partial charge in [0.1, 0.15) is 12.3 Å². The van der Waals surface area contributed by atoms with Gasteiger partial charge in [-0.1, -0.05) is 18.2 Å². The summed E-state index contributed by atoms with van der Waals surface area (Å²) in [5.74, 6) is 0.511. The first-order valence-electron chi connectivity index (χ1n) is 5.73. The first-order chi connectivity index (χ1) is 9.16. The monoisotopic (exact) mass is 278 g/mol. The van der Waals surface area contributed by atoms with Gasteiger partial charge < -0.3 is 15.3 Å². The van der Waals surface area contributed by atoms with Crippen molar-refractivity contribution < 1.29 is 14.3 Å². The summed E-state index contributed by atoms with van der Waals surface area (Å²) in [6, 6.07) is 8.76. The van der Waals surface area contributed by atoms with Crippen molar-refractivity contribution in [3.8, 4) is 11.5 Å². The Balaban J connectivity index is 1.90. The molecule has 2 rings (SSSR count). The van der Waals surface area contributed by atoms with Gasteiger partial charge >= 0.3 is 5.97 Å². The Kier molecular flexibility index (Phi) is 4.59. The van der Waals surface area contributed by atoms with E-state index in [1.165, 1.54) is 11.8 Å². The Hall–Kier alpha value is -1.79. The molecule has 0 bridgehead atoms. The summed E-state index contributed by atoms with van der Waals surface area (Å²) >= 11 is 1.42. The van der Waals surface area contributed by atoms with Crippen molar-refractivity contribution in [3.63, 3.8) is 0 Å². The predicted octanol–water partition coefficient (Wildman–Crippen LogP) is 1.99. The first-order valence-corrected chi connectivity index (χ1v) is 6.88. The minimum atomic E-state index is -0.988. The highest BCUT2D eigenvalue weighted by Gasteiger charge is 2.12. The Morgan fingerprint density at radius 2 is 2.16 bits per heavy atom. The molecule has 19 heavy (non-hydrogen) atoms. The van der Waals surface area contributed by atoms with E-state index in [9.17, 15) is 4.79 Å². The number of rotatable bonds is 6. The number of nitrogens with zero attached hydrogens (tertiary/aromatic N) is 1. The standard InChI is InChI=1S/C13H14N2O3S/c14-11(13(16)17)8-19-7-10-6-18-12(15-10)9-4-2-1-3-5-9/h1-6,11H,7-8,14H2,(H,16,17). The van der Waals surface area contributed by atoms with Gasteiger partial charge in [0.25, 0.3) is 0 Å². The smallest absolute Gasteiger partial charge is 0.321 e. The van der Waals surface area contributed by atoms with Gasteiger partial charge in [-0.05, 0) is 12.1 Å². The van der Waals surface area contributed by atoms with Gasteiger partial charge in [0.15, 0.2) is 0 Å². The van der Waals surface area contributed by atoms with Gasteiger partial charge in [-0.3, -0.25) is 4.79 Å². The minimum absolute atomic E-state index is 0.350. The molecular weight excluding hydrogens is 264 g/mol. The lowest BCUT2D eigenvalue weighted by Gasteiger charge is -2.03. The summed E-state index contributed by atoms with van der Waals surface area (Å²) in [5, 5.41) is 8.66. The van der Waals surface area contributed by atoms with E-state index >= 15 is 0 Å². The van der Waals surface area contributed by atoms with Gasteiger partial charge in [-0.15, -0.1) is 0 Å². The molecule has 0 saturated carbocycles. The van der Waals surface area contributed by atoms with E-state index in [1.807, 2.05) is 30.3 Å². The molecule has 100 valence electrons. The summed E-state index contributed by atoms with van der Waals surface area (Å²) in [6.45, 7) is 0. The average molecular weight is 278 g/mol. The van der Waals surface area contributed by atoms with Crippen LogP contribution in [-0.4, -0.2) is 27.9 Å². The number of aliphatic carboxylic acids is 1. The van der Waals surface area contributed by atoms with Crippen LogP contribution in [0, 0.1) is 0 Å². The van der Waals surface area contributed by atoms with Crippen LogP contribution in [-0.2, 0) is 10.5 Å². The SMILES string of the molecule is NC(CSCc1coc(-c2ccccc2)n1)C(=O)O. The van der Waals surface area contributed by atoms with Gasteiger partial charge in [0, 0.05) is 17.1 Å². The predicted molar refractivity (Wildman–Crippen MR) is 73.7 cm³/mol. The van der Waals surface area contributed by atoms with Crippen LogP contribution in [0.2, 0.25) is 0 Å².